The van der Waals surface area contributed by atoms with Gasteiger partial charge in [0.2, 0.25) is 0 Å². The minimum atomic E-state index is -0.133. The van der Waals surface area contributed by atoms with Crippen LogP contribution in [0.5, 0.6) is 0 Å². The summed E-state index contributed by atoms with van der Waals surface area (Å²) >= 11 is 6.00. The summed E-state index contributed by atoms with van der Waals surface area (Å²) in [5, 5.41) is 8.07. The van der Waals surface area contributed by atoms with E-state index in [9.17, 15) is 4.79 Å². The average molecular weight is 369 g/mol. The van der Waals surface area contributed by atoms with Gasteiger partial charge in [0.25, 0.3) is 5.91 Å². The molecule has 3 rings (SSSR count). The van der Waals surface area contributed by atoms with E-state index < -0.39 is 0 Å². The molecule has 0 radical (unpaired) electrons. The fraction of sp³-hybridized carbons (Fsp3) is 0.200. The maximum atomic E-state index is 12.7. The fourth-order valence-corrected chi connectivity index (χ4v) is 2.78. The van der Waals surface area contributed by atoms with E-state index in [1.807, 2.05) is 73.6 Å². The van der Waals surface area contributed by atoms with Gasteiger partial charge in [0.05, 0.1) is 23.1 Å². The molecule has 1 aromatic heterocycles. The van der Waals surface area contributed by atoms with E-state index in [1.165, 1.54) is 0 Å². The van der Waals surface area contributed by atoms with Crippen molar-refractivity contribution in [2.24, 2.45) is 0 Å². The predicted molar refractivity (Wildman–Crippen MR) is 105 cm³/mol. The lowest BCUT2D eigenvalue weighted by Crippen LogP contribution is -2.31. The Morgan fingerprint density at radius 2 is 1.81 bits per heavy atom. The zero-order chi connectivity index (χ0) is 18.5. The Balaban J connectivity index is 2.00. The van der Waals surface area contributed by atoms with Gasteiger partial charge < -0.3 is 10.2 Å². The highest BCUT2D eigenvalue weighted by Crippen LogP contribution is 2.27. The zero-order valence-corrected chi connectivity index (χ0v) is 15.6. The molecule has 0 bridgehead atoms. The first kappa shape index (κ1) is 18.2. The smallest absolute Gasteiger partial charge is 0.255 e. The Labute approximate surface area is 158 Å². The van der Waals surface area contributed by atoms with Gasteiger partial charge in [0, 0.05) is 23.7 Å². The maximum Gasteiger partial charge on any atom is 0.255 e. The van der Waals surface area contributed by atoms with Crippen molar-refractivity contribution in [1.29, 1.82) is 0 Å². The Bertz CT molecular complexity index is 873. The van der Waals surface area contributed by atoms with Crippen LogP contribution >= 0.6 is 11.6 Å². The number of halogens is 1. The summed E-state index contributed by atoms with van der Waals surface area (Å²) in [5.41, 5.74) is 3.08. The van der Waals surface area contributed by atoms with Crippen LogP contribution < -0.4 is 5.32 Å². The number of hydrogen-bond acceptors (Lipinski definition) is 3. The third-order valence-corrected chi connectivity index (χ3v) is 4.23. The van der Waals surface area contributed by atoms with E-state index in [0.29, 0.717) is 17.1 Å². The van der Waals surface area contributed by atoms with Crippen LogP contribution in [0.2, 0.25) is 5.02 Å². The second kappa shape index (κ2) is 8.17. The number of rotatable bonds is 6. The monoisotopic (exact) mass is 368 g/mol. The van der Waals surface area contributed by atoms with Crippen molar-refractivity contribution in [3.63, 3.8) is 0 Å². The molecular weight excluding hydrogens is 348 g/mol. The van der Waals surface area contributed by atoms with Gasteiger partial charge >= 0.3 is 0 Å². The number of carbonyl (C=O) groups excluding carboxylic acids is 1. The lowest BCUT2D eigenvalue weighted by Gasteiger charge is -2.12. The summed E-state index contributed by atoms with van der Waals surface area (Å²) in [6.45, 7) is 1.35. The molecule has 0 aliphatic rings. The van der Waals surface area contributed by atoms with Gasteiger partial charge in [-0.15, -0.1) is 0 Å². The van der Waals surface area contributed by atoms with Crippen molar-refractivity contribution >= 4 is 17.5 Å². The average Bonchev–Trinajstić information content (AvgIpc) is 3.08. The molecule has 5 nitrogen and oxygen atoms in total. The summed E-state index contributed by atoms with van der Waals surface area (Å²) in [4.78, 5) is 14.7. The molecule has 0 saturated carbocycles. The highest BCUT2D eigenvalue weighted by molar-refractivity contribution is 6.30. The third kappa shape index (κ3) is 4.12. The number of likely N-dealkylation sites (N-methyl/N-ethyl adjacent to an activating group) is 1. The standard InChI is InChI=1S/C20H21ClN4O/c1-24(2)13-12-22-20(26)18-14-23-25(17-10-8-16(21)9-11-17)19(18)15-6-4-3-5-7-15/h3-11,14H,12-13H2,1-2H3,(H,22,26). The second-order valence-corrected chi connectivity index (χ2v) is 6.66. The quantitative estimate of drug-likeness (QED) is 0.724. The summed E-state index contributed by atoms with van der Waals surface area (Å²) in [7, 11) is 3.94. The molecule has 1 amide bonds. The van der Waals surface area contributed by atoms with Gasteiger partial charge in [-0.25, -0.2) is 4.68 Å². The molecule has 0 saturated heterocycles. The summed E-state index contributed by atoms with van der Waals surface area (Å²) < 4.78 is 1.77. The minimum Gasteiger partial charge on any atom is -0.351 e. The van der Waals surface area contributed by atoms with Crippen LogP contribution in [0, 0.1) is 0 Å². The van der Waals surface area contributed by atoms with Crippen LogP contribution in [0.1, 0.15) is 10.4 Å². The Morgan fingerprint density at radius 1 is 1.12 bits per heavy atom. The Kier molecular flexibility index (Phi) is 5.71. The molecule has 0 unspecified atom stereocenters. The van der Waals surface area contributed by atoms with Gasteiger partial charge in [0.15, 0.2) is 0 Å². The van der Waals surface area contributed by atoms with Crippen molar-refractivity contribution < 1.29 is 4.79 Å². The Morgan fingerprint density at radius 3 is 2.46 bits per heavy atom. The molecule has 1 heterocycles. The number of nitrogens with one attached hydrogen (secondary N) is 1. The number of nitrogens with zero attached hydrogens (tertiary/aromatic N) is 3. The van der Waals surface area contributed by atoms with Crippen LogP contribution in [-0.2, 0) is 0 Å². The van der Waals surface area contributed by atoms with E-state index in [4.69, 9.17) is 11.6 Å². The first-order chi connectivity index (χ1) is 12.6. The summed E-state index contributed by atoms with van der Waals surface area (Å²) in [5.74, 6) is -0.133. The van der Waals surface area contributed by atoms with Crippen LogP contribution in [-0.4, -0.2) is 47.8 Å². The molecule has 0 atom stereocenters. The normalized spacial score (nSPS) is 10.9. The van der Waals surface area contributed by atoms with E-state index in [2.05, 4.69) is 10.4 Å². The Hall–Kier alpha value is -2.63. The van der Waals surface area contributed by atoms with Crippen molar-refractivity contribution in [3.8, 4) is 16.9 Å². The molecule has 2 aromatic carbocycles. The largest absolute Gasteiger partial charge is 0.351 e. The number of amides is 1. The first-order valence-electron chi connectivity index (χ1n) is 8.38. The van der Waals surface area contributed by atoms with Gasteiger partial charge in [-0.1, -0.05) is 41.9 Å². The fourth-order valence-electron chi connectivity index (χ4n) is 2.65. The van der Waals surface area contributed by atoms with Gasteiger partial charge in [-0.05, 0) is 38.4 Å². The molecule has 6 heteroatoms. The van der Waals surface area contributed by atoms with Gasteiger partial charge in [-0.3, -0.25) is 4.79 Å². The molecule has 134 valence electrons. The predicted octanol–water partition coefficient (Wildman–Crippen LogP) is 3.48. The van der Waals surface area contributed by atoms with Crippen molar-refractivity contribution in [1.82, 2.24) is 20.0 Å². The number of benzene rings is 2. The van der Waals surface area contributed by atoms with Gasteiger partial charge in [0.1, 0.15) is 0 Å². The van der Waals surface area contributed by atoms with Crippen LogP contribution in [0.4, 0.5) is 0 Å². The third-order valence-electron chi connectivity index (χ3n) is 3.98. The molecule has 0 spiro atoms. The lowest BCUT2D eigenvalue weighted by atomic mass is 10.1. The summed E-state index contributed by atoms with van der Waals surface area (Å²) in [6.07, 6.45) is 1.61. The van der Waals surface area contributed by atoms with E-state index in [0.717, 1.165) is 23.5 Å². The van der Waals surface area contributed by atoms with E-state index in [-0.39, 0.29) is 5.91 Å². The lowest BCUT2D eigenvalue weighted by molar-refractivity contribution is 0.0951. The number of hydrogen-bond donors (Lipinski definition) is 1. The highest BCUT2D eigenvalue weighted by atomic mass is 35.5. The minimum absolute atomic E-state index is 0.133. The summed E-state index contributed by atoms with van der Waals surface area (Å²) in [6, 6.07) is 17.2. The van der Waals surface area contributed by atoms with Crippen LogP contribution in [0.3, 0.4) is 0 Å². The topological polar surface area (TPSA) is 50.2 Å². The molecule has 0 aliphatic heterocycles. The highest BCUT2D eigenvalue weighted by Gasteiger charge is 2.19. The molecular formula is C20H21ClN4O. The molecule has 26 heavy (non-hydrogen) atoms. The van der Waals surface area contributed by atoms with Crippen molar-refractivity contribution in [2.75, 3.05) is 27.2 Å². The van der Waals surface area contributed by atoms with Crippen LogP contribution in [0.15, 0.2) is 60.8 Å². The first-order valence-corrected chi connectivity index (χ1v) is 8.76. The van der Waals surface area contributed by atoms with Crippen molar-refractivity contribution in [2.45, 2.75) is 0 Å². The molecule has 1 N–H and O–H groups in total. The van der Waals surface area contributed by atoms with E-state index >= 15 is 0 Å². The van der Waals surface area contributed by atoms with Gasteiger partial charge in [-0.2, -0.15) is 5.10 Å². The maximum absolute atomic E-state index is 12.7. The molecule has 0 fully saturated rings. The van der Waals surface area contributed by atoms with Crippen LogP contribution in [0.25, 0.3) is 16.9 Å². The molecule has 3 aromatic rings. The number of carbonyl (C=O) groups is 1. The van der Waals surface area contributed by atoms with E-state index in [1.54, 1.807) is 10.9 Å². The van der Waals surface area contributed by atoms with Crippen molar-refractivity contribution in [3.05, 3.63) is 71.4 Å². The SMILES string of the molecule is CN(C)CCNC(=O)c1cnn(-c2ccc(Cl)cc2)c1-c1ccccc1. The number of aromatic nitrogens is 2. The second-order valence-electron chi connectivity index (χ2n) is 6.22. The zero-order valence-electron chi connectivity index (χ0n) is 14.8. The molecule has 0 aliphatic carbocycles.